The van der Waals surface area contributed by atoms with Crippen LogP contribution in [0.2, 0.25) is 0 Å². The van der Waals surface area contributed by atoms with Gasteiger partial charge < -0.3 is 24.2 Å². The van der Waals surface area contributed by atoms with Crippen molar-refractivity contribution in [1.82, 2.24) is 4.90 Å². The van der Waals surface area contributed by atoms with Crippen LogP contribution in [0.1, 0.15) is 30.5 Å². The van der Waals surface area contributed by atoms with E-state index in [1.54, 1.807) is 36.4 Å². The summed E-state index contributed by atoms with van der Waals surface area (Å²) in [5.41, 5.74) is 1.06. The van der Waals surface area contributed by atoms with Gasteiger partial charge in [0, 0.05) is 12.1 Å². The molecule has 0 radical (unpaired) electrons. The largest absolute Gasteiger partial charge is 0.507 e. The summed E-state index contributed by atoms with van der Waals surface area (Å²) < 4.78 is 16.5. The van der Waals surface area contributed by atoms with Gasteiger partial charge >= 0.3 is 0 Å². The number of halogens is 1. The Morgan fingerprint density at radius 3 is 2.23 bits per heavy atom. The van der Waals surface area contributed by atoms with Gasteiger partial charge in [-0.1, -0.05) is 13.0 Å². The monoisotopic (exact) mass is 489 g/mol. The van der Waals surface area contributed by atoms with E-state index in [1.807, 2.05) is 6.92 Å². The van der Waals surface area contributed by atoms with E-state index in [-0.39, 0.29) is 11.3 Å². The number of methoxy groups -OCH3 is 3. The summed E-state index contributed by atoms with van der Waals surface area (Å²) in [6.07, 6.45) is 0.658. The fourth-order valence-corrected chi connectivity index (χ4v) is 4.23. The fraction of sp³-hybridized carbons (Fsp3) is 0.304. The molecule has 0 saturated carbocycles. The van der Waals surface area contributed by atoms with Crippen LogP contribution in [-0.2, 0) is 9.59 Å². The molecule has 0 aliphatic carbocycles. The van der Waals surface area contributed by atoms with Gasteiger partial charge in [0.2, 0.25) is 0 Å². The van der Waals surface area contributed by atoms with Crippen LogP contribution in [0, 0.1) is 0 Å². The predicted molar refractivity (Wildman–Crippen MR) is 120 cm³/mol. The van der Waals surface area contributed by atoms with Crippen molar-refractivity contribution in [1.29, 1.82) is 0 Å². The minimum atomic E-state index is -0.749. The predicted octanol–water partition coefficient (Wildman–Crippen LogP) is 4.31. The van der Waals surface area contributed by atoms with Crippen LogP contribution in [0.4, 0.5) is 0 Å². The molecule has 1 unspecified atom stereocenters. The Bertz CT molecular complexity index is 1050. The molecule has 164 valence electrons. The molecule has 1 amide bonds. The molecule has 3 rings (SSSR count). The second-order valence-corrected chi connectivity index (χ2v) is 7.81. The summed E-state index contributed by atoms with van der Waals surface area (Å²) in [4.78, 5) is 27.3. The Morgan fingerprint density at radius 2 is 1.65 bits per heavy atom. The van der Waals surface area contributed by atoms with Crippen LogP contribution in [0.5, 0.6) is 17.2 Å². The van der Waals surface area contributed by atoms with Gasteiger partial charge in [0.05, 0.1) is 37.4 Å². The molecule has 1 aliphatic heterocycles. The average molecular weight is 490 g/mol. The zero-order chi connectivity index (χ0) is 22.7. The number of aliphatic hydroxyl groups is 1. The van der Waals surface area contributed by atoms with Crippen LogP contribution >= 0.6 is 15.9 Å². The zero-order valence-electron chi connectivity index (χ0n) is 17.8. The third kappa shape index (κ3) is 4.12. The van der Waals surface area contributed by atoms with Gasteiger partial charge in [-0.3, -0.25) is 9.59 Å². The summed E-state index contributed by atoms with van der Waals surface area (Å²) in [5.74, 6) is -0.0417. The molecule has 1 heterocycles. The number of Topliss-reactive ketones (excluding diaryl/α,β-unsaturated/α-hetero) is 1. The average Bonchev–Trinajstić information content (AvgIpc) is 3.03. The van der Waals surface area contributed by atoms with E-state index in [1.165, 1.54) is 26.2 Å². The Kier molecular flexibility index (Phi) is 6.90. The molecule has 1 aliphatic rings. The van der Waals surface area contributed by atoms with Crippen molar-refractivity contribution >= 4 is 33.4 Å². The summed E-state index contributed by atoms with van der Waals surface area (Å²) in [6.45, 7) is 2.29. The van der Waals surface area contributed by atoms with Gasteiger partial charge in [-0.05, 0) is 58.2 Å². The lowest BCUT2D eigenvalue weighted by atomic mass is 9.95. The van der Waals surface area contributed by atoms with Crippen LogP contribution in [0.15, 0.2) is 46.4 Å². The topological polar surface area (TPSA) is 85.3 Å². The van der Waals surface area contributed by atoms with Crippen molar-refractivity contribution in [3.63, 3.8) is 0 Å². The quantitative estimate of drug-likeness (QED) is 0.354. The molecule has 2 aromatic carbocycles. The summed E-state index contributed by atoms with van der Waals surface area (Å²) in [6, 6.07) is 9.40. The van der Waals surface area contributed by atoms with E-state index in [2.05, 4.69) is 15.9 Å². The number of nitrogens with zero attached hydrogens (tertiary/aromatic N) is 1. The maximum Gasteiger partial charge on any atom is 0.295 e. The third-order valence-electron chi connectivity index (χ3n) is 5.15. The van der Waals surface area contributed by atoms with Crippen molar-refractivity contribution in [3.8, 4) is 17.2 Å². The van der Waals surface area contributed by atoms with E-state index >= 15 is 0 Å². The first-order valence-corrected chi connectivity index (χ1v) is 10.5. The van der Waals surface area contributed by atoms with Crippen molar-refractivity contribution in [2.45, 2.75) is 19.4 Å². The van der Waals surface area contributed by atoms with Crippen molar-refractivity contribution < 1.29 is 28.9 Å². The second kappa shape index (κ2) is 9.43. The minimum Gasteiger partial charge on any atom is -0.507 e. The van der Waals surface area contributed by atoms with E-state index in [0.29, 0.717) is 45.8 Å². The van der Waals surface area contributed by atoms with E-state index < -0.39 is 17.7 Å². The molecule has 1 saturated heterocycles. The Morgan fingerprint density at radius 1 is 1.00 bits per heavy atom. The van der Waals surface area contributed by atoms with Gasteiger partial charge in [-0.15, -0.1) is 0 Å². The Hall–Kier alpha value is -3.00. The van der Waals surface area contributed by atoms with Crippen molar-refractivity contribution in [2.75, 3.05) is 27.9 Å². The molecule has 1 N–H and O–H groups in total. The number of benzene rings is 2. The molecule has 7 nitrogen and oxygen atoms in total. The Balaban J connectivity index is 2.21. The molecule has 31 heavy (non-hydrogen) atoms. The van der Waals surface area contributed by atoms with Crippen molar-refractivity contribution in [3.05, 3.63) is 57.6 Å². The van der Waals surface area contributed by atoms with Gasteiger partial charge in [0.1, 0.15) is 11.5 Å². The second-order valence-electron chi connectivity index (χ2n) is 6.96. The van der Waals surface area contributed by atoms with Crippen LogP contribution in [0.25, 0.3) is 5.76 Å². The molecule has 1 fully saturated rings. The molecule has 0 aromatic heterocycles. The molecule has 8 heteroatoms. The number of ketones is 1. The highest BCUT2D eigenvalue weighted by molar-refractivity contribution is 9.10. The molecule has 0 spiro atoms. The number of hydrogen-bond donors (Lipinski definition) is 1. The highest BCUT2D eigenvalue weighted by Crippen LogP contribution is 2.42. The first-order chi connectivity index (χ1) is 14.9. The van der Waals surface area contributed by atoms with Crippen LogP contribution < -0.4 is 14.2 Å². The third-order valence-corrected chi connectivity index (χ3v) is 5.77. The number of hydrogen-bond acceptors (Lipinski definition) is 6. The number of likely N-dealkylation sites (tertiary alicyclic amines) is 1. The minimum absolute atomic E-state index is 0.0303. The molecular formula is C23H24BrNO6. The first-order valence-electron chi connectivity index (χ1n) is 9.72. The zero-order valence-corrected chi connectivity index (χ0v) is 19.4. The SMILES string of the molecule is CCCN1C(=O)C(=O)/C(=C(\O)c2ccc(OC)c(Br)c2)C1c1ccc(OC)c(OC)c1. The number of ether oxygens (including phenoxy) is 3. The number of carbonyl (C=O) groups is 2. The van der Waals surface area contributed by atoms with Gasteiger partial charge in [-0.25, -0.2) is 0 Å². The maximum atomic E-state index is 13.0. The van der Waals surface area contributed by atoms with Gasteiger partial charge in [0.15, 0.2) is 11.5 Å². The number of rotatable bonds is 7. The fourth-order valence-electron chi connectivity index (χ4n) is 3.69. The first kappa shape index (κ1) is 22.7. The van der Waals surface area contributed by atoms with Crippen LogP contribution in [-0.4, -0.2) is 49.6 Å². The van der Waals surface area contributed by atoms with Crippen molar-refractivity contribution in [2.24, 2.45) is 0 Å². The number of carbonyl (C=O) groups excluding carboxylic acids is 2. The maximum absolute atomic E-state index is 13.0. The summed E-state index contributed by atoms with van der Waals surface area (Å²) in [5, 5.41) is 11.1. The summed E-state index contributed by atoms with van der Waals surface area (Å²) >= 11 is 3.39. The smallest absolute Gasteiger partial charge is 0.295 e. The molecule has 0 bridgehead atoms. The lowest BCUT2D eigenvalue weighted by Gasteiger charge is -2.25. The van der Waals surface area contributed by atoms with Gasteiger partial charge in [0.25, 0.3) is 11.7 Å². The number of aliphatic hydroxyl groups excluding tert-OH is 1. The standard InChI is InChI=1S/C23H24BrNO6/c1-5-10-25-20(13-6-9-17(30-3)18(12-13)31-4)19(22(27)23(25)28)21(26)14-7-8-16(29-2)15(24)11-14/h6-9,11-12,20,26H,5,10H2,1-4H3/b21-19-. The van der Waals surface area contributed by atoms with Crippen LogP contribution in [0.3, 0.4) is 0 Å². The van der Waals surface area contributed by atoms with E-state index in [4.69, 9.17) is 14.2 Å². The lowest BCUT2D eigenvalue weighted by Crippen LogP contribution is -2.30. The highest BCUT2D eigenvalue weighted by atomic mass is 79.9. The lowest BCUT2D eigenvalue weighted by molar-refractivity contribution is -0.139. The van der Waals surface area contributed by atoms with Gasteiger partial charge in [-0.2, -0.15) is 0 Å². The molecule has 2 aromatic rings. The number of amides is 1. The van der Waals surface area contributed by atoms with E-state index in [0.717, 1.165) is 0 Å². The normalized spacial score (nSPS) is 17.7. The Labute approximate surface area is 189 Å². The molecule has 1 atom stereocenters. The molecular weight excluding hydrogens is 466 g/mol. The summed E-state index contributed by atoms with van der Waals surface area (Å²) in [7, 11) is 4.58. The van der Waals surface area contributed by atoms with E-state index in [9.17, 15) is 14.7 Å². The highest BCUT2D eigenvalue weighted by Gasteiger charge is 2.45.